The van der Waals surface area contributed by atoms with E-state index in [1.54, 1.807) is 12.1 Å². The van der Waals surface area contributed by atoms with Crippen LogP contribution in [0.1, 0.15) is 0 Å². The fourth-order valence-corrected chi connectivity index (χ4v) is 4.76. The second kappa shape index (κ2) is 10.6. The van der Waals surface area contributed by atoms with Crippen LogP contribution in [0.25, 0.3) is 0 Å². The molecule has 0 saturated heterocycles. The number of aromatic nitrogens is 2. The third kappa shape index (κ3) is 6.58. The van der Waals surface area contributed by atoms with E-state index >= 15 is 0 Å². The van der Waals surface area contributed by atoms with Gasteiger partial charge in [-0.2, -0.15) is 0 Å². The Bertz CT molecular complexity index is 1400. The summed E-state index contributed by atoms with van der Waals surface area (Å²) in [5, 5.41) is 2.55. The number of hydrogen-bond acceptors (Lipinski definition) is 9. The number of rotatable bonds is 10. The van der Waals surface area contributed by atoms with Gasteiger partial charge in [0.1, 0.15) is 18.0 Å². The van der Waals surface area contributed by atoms with Crippen molar-refractivity contribution in [2.45, 2.75) is 4.90 Å². The summed E-state index contributed by atoms with van der Waals surface area (Å²) in [7, 11) is -5.03. The molecule has 0 atom stereocenters. The quantitative estimate of drug-likeness (QED) is 0.405. The molecule has 3 aromatic rings. The summed E-state index contributed by atoms with van der Waals surface area (Å²) >= 11 is 0. The number of benzene rings is 2. The van der Waals surface area contributed by atoms with E-state index in [1.165, 1.54) is 63.0 Å². The summed E-state index contributed by atoms with van der Waals surface area (Å²) in [6, 6.07) is 11.4. The highest BCUT2D eigenvalue weighted by Crippen LogP contribution is 2.33. The maximum absolute atomic E-state index is 12.7. The fraction of sp³-hybridized carbons (Fsp3) is 0.190. The summed E-state index contributed by atoms with van der Waals surface area (Å²) in [5.74, 6) is -0.139. The van der Waals surface area contributed by atoms with Gasteiger partial charge in [-0.1, -0.05) is 0 Å². The number of carbonyl (C=O) groups excluding carboxylic acids is 1. The monoisotopic (exact) mass is 521 g/mol. The van der Waals surface area contributed by atoms with Crippen molar-refractivity contribution in [3.05, 3.63) is 60.9 Å². The highest BCUT2D eigenvalue weighted by atomic mass is 32.2. The maximum Gasteiger partial charge on any atom is 0.264 e. The number of nitrogens with zero attached hydrogens (tertiary/aromatic N) is 3. The largest absolute Gasteiger partial charge is 0.497 e. The molecule has 1 amide bonds. The number of amides is 1. The molecule has 0 fully saturated rings. The molecule has 0 radical (unpaired) electrons. The lowest BCUT2D eigenvalue weighted by Gasteiger charge is -2.24. The first-order valence-electron chi connectivity index (χ1n) is 9.93. The van der Waals surface area contributed by atoms with E-state index in [4.69, 9.17) is 9.47 Å². The van der Waals surface area contributed by atoms with Crippen LogP contribution in [0.15, 0.2) is 65.8 Å². The van der Waals surface area contributed by atoms with Gasteiger partial charge in [-0.15, -0.1) is 0 Å². The van der Waals surface area contributed by atoms with Gasteiger partial charge in [0.25, 0.3) is 10.0 Å². The zero-order valence-electron chi connectivity index (χ0n) is 19.0. The van der Waals surface area contributed by atoms with Gasteiger partial charge < -0.3 is 14.8 Å². The molecule has 12 nitrogen and oxygen atoms in total. The highest BCUT2D eigenvalue weighted by molar-refractivity contribution is 7.92. The summed E-state index contributed by atoms with van der Waals surface area (Å²) in [4.78, 5) is 20.2. The molecule has 0 unspecified atom stereocenters. The lowest BCUT2D eigenvalue weighted by atomic mass is 10.2. The zero-order chi connectivity index (χ0) is 25.6. The number of methoxy groups -OCH3 is 2. The average molecular weight is 522 g/mol. The van der Waals surface area contributed by atoms with Crippen LogP contribution in [-0.2, 0) is 24.8 Å². The summed E-state index contributed by atoms with van der Waals surface area (Å²) in [6.07, 6.45) is 3.75. The third-order valence-electron chi connectivity index (χ3n) is 4.58. The molecule has 0 saturated carbocycles. The van der Waals surface area contributed by atoms with Crippen molar-refractivity contribution >= 4 is 43.3 Å². The van der Waals surface area contributed by atoms with E-state index in [0.29, 0.717) is 5.75 Å². The van der Waals surface area contributed by atoms with Crippen LogP contribution in [0.5, 0.6) is 11.5 Å². The van der Waals surface area contributed by atoms with Gasteiger partial charge in [0, 0.05) is 24.1 Å². The Labute approximate surface area is 203 Å². The van der Waals surface area contributed by atoms with E-state index in [2.05, 4.69) is 20.0 Å². The minimum Gasteiger partial charge on any atom is -0.497 e. The smallest absolute Gasteiger partial charge is 0.264 e. The number of sulfonamides is 2. The first-order chi connectivity index (χ1) is 16.5. The van der Waals surface area contributed by atoms with Crippen LogP contribution in [0, 0.1) is 0 Å². The molecule has 1 aromatic heterocycles. The minimum absolute atomic E-state index is 0.0816. The molecule has 0 aliphatic heterocycles. The van der Waals surface area contributed by atoms with Crippen molar-refractivity contribution in [3.63, 3.8) is 0 Å². The van der Waals surface area contributed by atoms with Gasteiger partial charge in [-0.25, -0.2) is 31.5 Å². The predicted molar refractivity (Wildman–Crippen MR) is 130 cm³/mol. The van der Waals surface area contributed by atoms with E-state index in [9.17, 15) is 21.6 Å². The van der Waals surface area contributed by atoms with Gasteiger partial charge in [-0.05, 0) is 42.5 Å². The number of nitrogens with one attached hydrogen (secondary N) is 2. The molecular formula is C21H23N5O7S2. The van der Waals surface area contributed by atoms with Crippen LogP contribution < -0.4 is 23.8 Å². The normalized spacial score (nSPS) is 11.4. The Balaban J connectivity index is 1.76. The maximum atomic E-state index is 12.7. The van der Waals surface area contributed by atoms with E-state index in [-0.39, 0.29) is 28.0 Å². The van der Waals surface area contributed by atoms with E-state index in [1.807, 2.05) is 0 Å². The minimum atomic E-state index is -3.95. The molecule has 0 aliphatic rings. The molecule has 0 aliphatic carbocycles. The molecule has 2 aromatic carbocycles. The van der Waals surface area contributed by atoms with Gasteiger partial charge in [0.15, 0.2) is 0 Å². The SMILES string of the molecule is COc1ccc(OC)c(N(CC(=O)Nc2ccc(S(=O)(=O)Nc3ncccn3)cc2)S(C)(=O)=O)c1. The molecule has 0 bridgehead atoms. The topological polar surface area (TPSA) is 157 Å². The Morgan fingerprint density at radius 1 is 0.971 bits per heavy atom. The molecular weight excluding hydrogens is 498 g/mol. The Morgan fingerprint density at radius 2 is 1.63 bits per heavy atom. The van der Waals surface area contributed by atoms with Gasteiger partial charge in [0.2, 0.25) is 21.9 Å². The number of carbonyl (C=O) groups is 1. The molecule has 14 heteroatoms. The molecule has 1 heterocycles. The van der Waals surface area contributed by atoms with Crippen molar-refractivity contribution in [2.24, 2.45) is 0 Å². The van der Waals surface area contributed by atoms with Crippen molar-refractivity contribution in [1.82, 2.24) is 9.97 Å². The van der Waals surface area contributed by atoms with Gasteiger partial charge >= 0.3 is 0 Å². The number of hydrogen-bond donors (Lipinski definition) is 2. The summed E-state index contributed by atoms with van der Waals surface area (Å²) in [5.41, 5.74) is 0.385. The Morgan fingerprint density at radius 3 is 2.20 bits per heavy atom. The average Bonchev–Trinajstić information content (AvgIpc) is 2.82. The van der Waals surface area contributed by atoms with Crippen LogP contribution in [-0.4, -0.2) is 59.7 Å². The predicted octanol–water partition coefficient (Wildman–Crippen LogP) is 1.70. The zero-order valence-corrected chi connectivity index (χ0v) is 20.6. The third-order valence-corrected chi connectivity index (χ3v) is 7.05. The molecule has 3 rings (SSSR count). The van der Waals surface area contributed by atoms with E-state index < -0.39 is 32.5 Å². The second-order valence-corrected chi connectivity index (χ2v) is 10.6. The molecule has 186 valence electrons. The van der Waals surface area contributed by atoms with E-state index in [0.717, 1.165) is 10.6 Å². The summed E-state index contributed by atoms with van der Waals surface area (Å²) < 4.78 is 63.4. The lowest BCUT2D eigenvalue weighted by Crippen LogP contribution is -2.37. The fourth-order valence-electron chi connectivity index (χ4n) is 2.95. The molecule has 2 N–H and O–H groups in total. The van der Waals surface area contributed by atoms with Crippen molar-refractivity contribution < 1.29 is 31.1 Å². The van der Waals surface area contributed by atoms with Crippen LogP contribution >= 0.6 is 0 Å². The number of anilines is 3. The molecule has 35 heavy (non-hydrogen) atoms. The van der Waals surface area contributed by atoms with Crippen LogP contribution in [0.4, 0.5) is 17.3 Å². The molecule has 0 spiro atoms. The van der Waals surface area contributed by atoms with Crippen LogP contribution in [0.3, 0.4) is 0 Å². The number of ether oxygens (including phenoxy) is 2. The first kappa shape index (κ1) is 25.7. The van der Waals surface area contributed by atoms with Crippen LogP contribution in [0.2, 0.25) is 0 Å². The van der Waals surface area contributed by atoms with Crippen molar-refractivity contribution in [2.75, 3.05) is 41.4 Å². The van der Waals surface area contributed by atoms with Crippen molar-refractivity contribution in [3.8, 4) is 11.5 Å². The summed E-state index contributed by atoms with van der Waals surface area (Å²) in [6.45, 7) is -0.560. The Kier molecular flexibility index (Phi) is 7.76. The Hall–Kier alpha value is -3.91. The van der Waals surface area contributed by atoms with Crippen molar-refractivity contribution in [1.29, 1.82) is 0 Å². The first-order valence-corrected chi connectivity index (χ1v) is 13.3. The standard InChI is InChI=1S/C21H23N5O7S2/c1-32-16-7-10-19(33-2)18(13-16)26(34(3,28)29)14-20(27)24-15-5-8-17(9-6-15)35(30,31)25-21-22-11-4-12-23-21/h4-13H,14H2,1-3H3,(H,24,27)(H,22,23,25). The second-order valence-electron chi connectivity index (χ2n) is 7.06. The van der Waals surface area contributed by atoms with Gasteiger partial charge in [0.05, 0.1) is 31.1 Å². The lowest BCUT2D eigenvalue weighted by molar-refractivity contribution is -0.114. The van der Waals surface area contributed by atoms with Gasteiger partial charge in [-0.3, -0.25) is 9.10 Å². The highest BCUT2D eigenvalue weighted by Gasteiger charge is 2.25.